The number of nitrogens with two attached hydrogens (primary N) is 1. The Labute approximate surface area is 113 Å². The molecule has 0 aliphatic carbocycles. The summed E-state index contributed by atoms with van der Waals surface area (Å²) in [5, 5.41) is 9.00. The zero-order valence-corrected chi connectivity index (χ0v) is 11.2. The van der Waals surface area contributed by atoms with E-state index in [1.54, 1.807) is 6.07 Å². The van der Waals surface area contributed by atoms with Gasteiger partial charge in [0, 0.05) is 25.0 Å². The Kier molecular flexibility index (Phi) is 3.72. The molecular weight excluding hydrogens is 234 g/mol. The fourth-order valence-corrected chi connectivity index (χ4v) is 2.05. The van der Waals surface area contributed by atoms with Gasteiger partial charge in [0.15, 0.2) is 0 Å². The van der Waals surface area contributed by atoms with Gasteiger partial charge in [0.25, 0.3) is 0 Å². The number of rotatable bonds is 3. The van der Waals surface area contributed by atoms with Crippen LogP contribution in [0.3, 0.4) is 0 Å². The summed E-state index contributed by atoms with van der Waals surface area (Å²) in [5.41, 5.74) is 10.3. The smallest absolute Gasteiger partial charge is 0.101 e. The van der Waals surface area contributed by atoms with Crippen molar-refractivity contribution in [3.63, 3.8) is 0 Å². The van der Waals surface area contributed by atoms with E-state index in [-0.39, 0.29) is 0 Å². The topological polar surface area (TPSA) is 53.0 Å². The van der Waals surface area contributed by atoms with E-state index in [9.17, 15) is 0 Å². The molecule has 0 saturated carbocycles. The van der Waals surface area contributed by atoms with Crippen molar-refractivity contribution in [1.29, 1.82) is 5.26 Å². The third kappa shape index (κ3) is 3.05. The zero-order valence-electron chi connectivity index (χ0n) is 11.2. The predicted octanol–water partition coefficient (Wildman–Crippen LogP) is 3.09. The maximum Gasteiger partial charge on any atom is 0.101 e. The van der Waals surface area contributed by atoms with E-state index >= 15 is 0 Å². The first-order valence-electron chi connectivity index (χ1n) is 6.16. The minimum absolute atomic E-state index is 0.522. The van der Waals surface area contributed by atoms with Crippen molar-refractivity contribution in [3.05, 3.63) is 59.2 Å². The Morgan fingerprint density at radius 3 is 2.68 bits per heavy atom. The molecule has 2 rings (SSSR count). The summed E-state index contributed by atoms with van der Waals surface area (Å²) >= 11 is 0. The molecule has 2 N–H and O–H groups in total. The van der Waals surface area contributed by atoms with Crippen molar-refractivity contribution < 1.29 is 0 Å². The molecule has 3 nitrogen and oxygen atoms in total. The Balaban J connectivity index is 2.21. The van der Waals surface area contributed by atoms with E-state index in [0.717, 1.165) is 12.2 Å². The van der Waals surface area contributed by atoms with Crippen LogP contribution < -0.4 is 10.6 Å². The number of aryl methyl sites for hydroxylation is 1. The van der Waals surface area contributed by atoms with Gasteiger partial charge < -0.3 is 10.6 Å². The number of anilines is 2. The quantitative estimate of drug-likeness (QED) is 0.853. The lowest BCUT2D eigenvalue weighted by atomic mass is 10.1. The SMILES string of the molecule is Cc1cccc(CN(C)c2ccc(N)c(C#N)c2)c1. The third-order valence-corrected chi connectivity index (χ3v) is 3.10. The molecule has 96 valence electrons. The summed E-state index contributed by atoms with van der Waals surface area (Å²) in [6.45, 7) is 2.89. The number of benzene rings is 2. The van der Waals surface area contributed by atoms with Crippen LogP contribution in [0.1, 0.15) is 16.7 Å². The third-order valence-electron chi connectivity index (χ3n) is 3.10. The van der Waals surface area contributed by atoms with Crippen molar-refractivity contribution in [2.24, 2.45) is 0 Å². The Hall–Kier alpha value is -2.47. The second kappa shape index (κ2) is 5.45. The van der Waals surface area contributed by atoms with Crippen molar-refractivity contribution in [2.45, 2.75) is 13.5 Å². The number of hydrogen-bond donors (Lipinski definition) is 1. The summed E-state index contributed by atoms with van der Waals surface area (Å²) in [6, 6.07) is 16.1. The van der Waals surface area contributed by atoms with Crippen LogP contribution >= 0.6 is 0 Å². The fraction of sp³-hybridized carbons (Fsp3) is 0.188. The molecule has 0 unspecified atom stereocenters. The highest BCUT2D eigenvalue weighted by Crippen LogP contribution is 2.21. The van der Waals surface area contributed by atoms with Gasteiger partial charge in [-0.05, 0) is 30.7 Å². The number of nitriles is 1. The maximum atomic E-state index is 9.00. The van der Waals surface area contributed by atoms with Gasteiger partial charge in [-0.25, -0.2) is 0 Å². The Bertz CT molecular complexity index is 626. The maximum absolute atomic E-state index is 9.00. The van der Waals surface area contributed by atoms with Gasteiger partial charge in [-0.15, -0.1) is 0 Å². The van der Waals surface area contributed by atoms with Crippen LogP contribution in [0.5, 0.6) is 0 Å². The summed E-state index contributed by atoms with van der Waals surface area (Å²) in [4.78, 5) is 2.11. The molecule has 0 fully saturated rings. The van der Waals surface area contributed by atoms with E-state index in [0.29, 0.717) is 11.3 Å². The average molecular weight is 251 g/mol. The van der Waals surface area contributed by atoms with Crippen molar-refractivity contribution >= 4 is 11.4 Å². The van der Waals surface area contributed by atoms with Gasteiger partial charge in [0.2, 0.25) is 0 Å². The molecule has 2 aromatic rings. The molecule has 2 aromatic carbocycles. The van der Waals surface area contributed by atoms with E-state index in [1.807, 2.05) is 19.2 Å². The summed E-state index contributed by atoms with van der Waals surface area (Å²) in [7, 11) is 2.01. The lowest BCUT2D eigenvalue weighted by Crippen LogP contribution is -2.16. The molecule has 0 aromatic heterocycles. The van der Waals surface area contributed by atoms with E-state index < -0.39 is 0 Å². The second-order valence-electron chi connectivity index (χ2n) is 4.73. The number of nitrogens with zero attached hydrogens (tertiary/aromatic N) is 2. The number of hydrogen-bond acceptors (Lipinski definition) is 3. The standard InChI is InChI=1S/C16H17N3/c1-12-4-3-5-13(8-12)11-19(2)15-6-7-16(18)14(9-15)10-17/h3-9H,11,18H2,1-2H3. The molecule has 0 heterocycles. The average Bonchev–Trinajstić information content (AvgIpc) is 2.39. The molecule has 0 aliphatic rings. The van der Waals surface area contributed by atoms with Gasteiger partial charge in [-0.1, -0.05) is 29.8 Å². The monoisotopic (exact) mass is 251 g/mol. The highest BCUT2D eigenvalue weighted by molar-refractivity contribution is 5.62. The first-order chi connectivity index (χ1) is 9.10. The molecule has 0 bridgehead atoms. The number of nitrogen functional groups attached to an aromatic ring is 1. The Morgan fingerprint density at radius 1 is 1.21 bits per heavy atom. The normalized spacial score (nSPS) is 9.95. The first kappa shape index (κ1) is 13.0. The first-order valence-corrected chi connectivity index (χ1v) is 6.16. The summed E-state index contributed by atoms with van der Waals surface area (Å²) in [6.07, 6.45) is 0. The van der Waals surface area contributed by atoms with Crippen LogP contribution in [0.4, 0.5) is 11.4 Å². The molecule has 0 radical (unpaired) electrons. The van der Waals surface area contributed by atoms with Crippen LogP contribution in [0.25, 0.3) is 0 Å². The highest BCUT2D eigenvalue weighted by Gasteiger charge is 2.05. The van der Waals surface area contributed by atoms with Gasteiger partial charge in [-0.3, -0.25) is 0 Å². The van der Waals surface area contributed by atoms with Gasteiger partial charge in [-0.2, -0.15) is 5.26 Å². The molecular formula is C16H17N3. The van der Waals surface area contributed by atoms with Crippen LogP contribution in [-0.4, -0.2) is 7.05 Å². The van der Waals surface area contributed by atoms with E-state index in [1.165, 1.54) is 11.1 Å². The molecule has 0 spiro atoms. The molecule has 3 heteroatoms. The van der Waals surface area contributed by atoms with Crippen LogP contribution in [0.2, 0.25) is 0 Å². The van der Waals surface area contributed by atoms with E-state index in [4.69, 9.17) is 11.0 Å². The van der Waals surface area contributed by atoms with Crippen LogP contribution in [0, 0.1) is 18.3 Å². The molecule has 0 atom stereocenters. The van der Waals surface area contributed by atoms with E-state index in [2.05, 4.69) is 42.2 Å². The Morgan fingerprint density at radius 2 is 2.00 bits per heavy atom. The van der Waals surface area contributed by atoms with Crippen molar-refractivity contribution in [1.82, 2.24) is 0 Å². The summed E-state index contributed by atoms with van der Waals surface area (Å²) < 4.78 is 0. The molecule has 0 saturated heterocycles. The van der Waals surface area contributed by atoms with Gasteiger partial charge in [0.1, 0.15) is 6.07 Å². The lowest BCUT2D eigenvalue weighted by molar-refractivity contribution is 0.921. The minimum Gasteiger partial charge on any atom is -0.398 e. The largest absolute Gasteiger partial charge is 0.398 e. The highest BCUT2D eigenvalue weighted by atomic mass is 15.1. The fourth-order valence-electron chi connectivity index (χ4n) is 2.05. The van der Waals surface area contributed by atoms with Gasteiger partial charge in [0.05, 0.1) is 5.56 Å². The minimum atomic E-state index is 0.522. The van der Waals surface area contributed by atoms with Gasteiger partial charge >= 0.3 is 0 Å². The van der Waals surface area contributed by atoms with Crippen LogP contribution in [0.15, 0.2) is 42.5 Å². The lowest BCUT2D eigenvalue weighted by Gasteiger charge is -2.20. The van der Waals surface area contributed by atoms with Crippen LogP contribution in [-0.2, 0) is 6.54 Å². The molecule has 19 heavy (non-hydrogen) atoms. The predicted molar refractivity (Wildman–Crippen MR) is 78.9 cm³/mol. The zero-order chi connectivity index (χ0) is 13.8. The second-order valence-corrected chi connectivity index (χ2v) is 4.73. The summed E-state index contributed by atoms with van der Waals surface area (Å²) in [5.74, 6) is 0. The van der Waals surface area contributed by atoms with Crippen molar-refractivity contribution in [2.75, 3.05) is 17.7 Å². The van der Waals surface area contributed by atoms with Crippen molar-refractivity contribution in [3.8, 4) is 6.07 Å². The molecule has 0 aliphatic heterocycles. The molecule has 0 amide bonds.